The zero-order valence-corrected chi connectivity index (χ0v) is 14.0. The van der Waals surface area contributed by atoms with Crippen LogP contribution in [0.2, 0.25) is 0 Å². The fourth-order valence-electron chi connectivity index (χ4n) is 2.23. The number of carboxylic acid groups (broad SMARTS) is 1. The number of rotatable bonds is 2. The molecule has 1 aromatic rings. The lowest BCUT2D eigenvalue weighted by molar-refractivity contribution is 0.0159. The van der Waals surface area contributed by atoms with E-state index in [4.69, 9.17) is 9.84 Å². The summed E-state index contributed by atoms with van der Waals surface area (Å²) < 4.78 is 5.40. The molecule has 1 aliphatic heterocycles. The highest BCUT2D eigenvalue weighted by atomic mass is 32.1. The normalized spacial score (nSPS) is 19.2. The molecule has 1 aliphatic rings. The Morgan fingerprint density at radius 3 is 2.59 bits per heavy atom. The van der Waals surface area contributed by atoms with Gasteiger partial charge in [-0.25, -0.2) is 14.6 Å². The molecule has 1 aromatic heterocycles. The van der Waals surface area contributed by atoms with E-state index in [1.807, 2.05) is 32.6 Å². The van der Waals surface area contributed by atoms with Crippen LogP contribution in [0.1, 0.15) is 38.2 Å². The van der Waals surface area contributed by atoms with Gasteiger partial charge >= 0.3 is 12.1 Å². The summed E-state index contributed by atoms with van der Waals surface area (Å²) in [6.45, 7) is 9.21. The van der Waals surface area contributed by atoms with E-state index in [0.717, 1.165) is 0 Å². The third-order valence-corrected chi connectivity index (χ3v) is 4.14. The van der Waals surface area contributed by atoms with Crippen LogP contribution >= 0.6 is 11.3 Å². The number of carbonyl (C=O) groups excluding carboxylic acids is 1. The summed E-state index contributed by atoms with van der Waals surface area (Å²) in [4.78, 5) is 30.9. The van der Waals surface area contributed by atoms with Gasteiger partial charge in [-0.1, -0.05) is 0 Å². The van der Waals surface area contributed by atoms with E-state index in [-0.39, 0.29) is 17.8 Å². The fraction of sp³-hybridized carbons (Fsp3) is 0.643. The van der Waals surface area contributed by atoms with E-state index in [0.29, 0.717) is 24.8 Å². The average Bonchev–Trinajstić information content (AvgIpc) is 2.85. The highest BCUT2D eigenvalue weighted by Gasteiger charge is 2.31. The monoisotopic (exact) mass is 327 g/mol. The summed E-state index contributed by atoms with van der Waals surface area (Å²) in [7, 11) is 0. The molecule has 1 N–H and O–H groups in total. The predicted octanol–water partition coefficient (Wildman–Crippen LogP) is 2.29. The first-order chi connectivity index (χ1) is 10.2. The summed E-state index contributed by atoms with van der Waals surface area (Å²) in [5.74, 6) is -1.03. The smallest absolute Gasteiger partial charge is 0.410 e. The van der Waals surface area contributed by atoms with Crippen molar-refractivity contribution in [2.24, 2.45) is 0 Å². The van der Waals surface area contributed by atoms with Crippen LogP contribution in [0.15, 0.2) is 5.38 Å². The number of ether oxygens (including phenoxy) is 1. The second kappa shape index (κ2) is 6.12. The molecule has 2 heterocycles. The lowest BCUT2D eigenvalue weighted by Crippen LogP contribution is -2.55. The average molecular weight is 327 g/mol. The van der Waals surface area contributed by atoms with Crippen molar-refractivity contribution in [2.45, 2.75) is 39.3 Å². The molecule has 0 aliphatic carbocycles. The first-order valence-corrected chi connectivity index (χ1v) is 7.99. The van der Waals surface area contributed by atoms with Gasteiger partial charge in [0.05, 0.1) is 0 Å². The molecule has 0 saturated carbocycles. The maximum atomic E-state index is 12.2. The minimum atomic E-state index is -1.03. The lowest BCUT2D eigenvalue weighted by Gasteiger charge is -2.40. The van der Waals surface area contributed by atoms with Crippen molar-refractivity contribution in [2.75, 3.05) is 24.5 Å². The maximum absolute atomic E-state index is 12.2. The Labute approximate surface area is 133 Å². The molecule has 1 fully saturated rings. The second-order valence-corrected chi connectivity index (χ2v) is 7.13. The molecule has 122 valence electrons. The van der Waals surface area contributed by atoms with Gasteiger partial charge in [-0.3, -0.25) is 0 Å². The van der Waals surface area contributed by atoms with Crippen molar-refractivity contribution >= 4 is 28.5 Å². The number of hydrogen-bond acceptors (Lipinski definition) is 6. The molecule has 8 heteroatoms. The third-order valence-electron chi connectivity index (χ3n) is 3.24. The molecule has 1 atom stereocenters. The quantitative estimate of drug-likeness (QED) is 0.897. The number of nitrogens with zero attached hydrogens (tertiary/aromatic N) is 3. The number of anilines is 1. The SMILES string of the molecule is CC1CN(c2nc(C(=O)O)cs2)CCN1C(=O)OC(C)(C)C. The zero-order chi connectivity index (χ0) is 16.5. The Hall–Kier alpha value is -1.83. The van der Waals surface area contributed by atoms with Gasteiger partial charge in [-0.05, 0) is 27.7 Å². The van der Waals surface area contributed by atoms with Crippen molar-refractivity contribution in [1.29, 1.82) is 0 Å². The molecular weight excluding hydrogens is 306 g/mol. The molecule has 0 aromatic carbocycles. The van der Waals surface area contributed by atoms with Gasteiger partial charge < -0.3 is 19.6 Å². The Morgan fingerprint density at radius 2 is 2.09 bits per heavy atom. The number of thiazole rings is 1. The molecule has 0 bridgehead atoms. The number of carbonyl (C=O) groups is 2. The van der Waals surface area contributed by atoms with Crippen molar-refractivity contribution in [3.63, 3.8) is 0 Å². The van der Waals surface area contributed by atoms with E-state index in [1.54, 1.807) is 4.90 Å². The van der Waals surface area contributed by atoms with Crippen LogP contribution in [0, 0.1) is 0 Å². The van der Waals surface area contributed by atoms with Crippen LogP contribution in [0.25, 0.3) is 0 Å². The number of hydrogen-bond donors (Lipinski definition) is 1. The van der Waals surface area contributed by atoms with Gasteiger partial charge in [0, 0.05) is 31.1 Å². The first kappa shape index (κ1) is 16.5. The number of aromatic nitrogens is 1. The van der Waals surface area contributed by atoms with Crippen LogP contribution in [0.5, 0.6) is 0 Å². The molecular formula is C14H21N3O4S. The predicted molar refractivity (Wildman–Crippen MR) is 83.7 cm³/mol. The molecule has 2 rings (SSSR count). The number of piperazine rings is 1. The number of amides is 1. The van der Waals surface area contributed by atoms with Crippen molar-refractivity contribution in [3.05, 3.63) is 11.1 Å². The summed E-state index contributed by atoms with van der Waals surface area (Å²) in [6, 6.07) is -0.0271. The van der Waals surface area contributed by atoms with Crippen LogP contribution in [-0.4, -0.2) is 58.3 Å². The van der Waals surface area contributed by atoms with E-state index >= 15 is 0 Å². The molecule has 0 spiro atoms. The number of carboxylic acids is 1. The Morgan fingerprint density at radius 1 is 1.41 bits per heavy atom. The highest BCUT2D eigenvalue weighted by Crippen LogP contribution is 2.24. The summed E-state index contributed by atoms with van der Waals surface area (Å²) in [5, 5.41) is 11.1. The van der Waals surface area contributed by atoms with Gasteiger partial charge in [0.15, 0.2) is 10.8 Å². The van der Waals surface area contributed by atoms with E-state index in [2.05, 4.69) is 4.98 Å². The van der Waals surface area contributed by atoms with Gasteiger partial charge in [0.2, 0.25) is 0 Å². The molecule has 1 amide bonds. The van der Waals surface area contributed by atoms with Crippen LogP contribution in [0.3, 0.4) is 0 Å². The summed E-state index contributed by atoms with van der Waals surface area (Å²) in [6.07, 6.45) is -0.315. The lowest BCUT2D eigenvalue weighted by atomic mass is 10.2. The molecule has 0 radical (unpaired) electrons. The highest BCUT2D eigenvalue weighted by molar-refractivity contribution is 7.13. The number of aromatic carboxylic acids is 1. The van der Waals surface area contributed by atoms with Crippen molar-refractivity contribution in [1.82, 2.24) is 9.88 Å². The topological polar surface area (TPSA) is 83.0 Å². The molecule has 1 saturated heterocycles. The van der Waals surface area contributed by atoms with E-state index in [1.165, 1.54) is 16.7 Å². The van der Waals surface area contributed by atoms with Crippen LogP contribution < -0.4 is 4.90 Å². The molecule has 1 unspecified atom stereocenters. The Bertz CT molecular complexity index is 567. The van der Waals surface area contributed by atoms with Gasteiger partial charge in [0.25, 0.3) is 0 Å². The minimum Gasteiger partial charge on any atom is -0.476 e. The Kier molecular flexibility index (Phi) is 4.60. The zero-order valence-electron chi connectivity index (χ0n) is 13.2. The largest absolute Gasteiger partial charge is 0.476 e. The second-order valence-electron chi connectivity index (χ2n) is 6.29. The van der Waals surface area contributed by atoms with E-state index < -0.39 is 11.6 Å². The summed E-state index contributed by atoms with van der Waals surface area (Å²) in [5.41, 5.74) is -0.457. The fourth-order valence-corrected chi connectivity index (χ4v) is 3.07. The van der Waals surface area contributed by atoms with Crippen molar-refractivity contribution < 1.29 is 19.4 Å². The van der Waals surface area contributed by atoms with Gasteiger partial charge in [0.1, 0.15) is 5.60 Å². The molecule has 7 nitrogen and oxygen atoms in total. The maximum Gasteiger partial charge on any atom is 0.410 e. The summed E-state index contributed by atoms with van der Waals surface area (Å²) >= 11 is 1.31. The third kappa shape index (κ3) is 3.88. The molecule has 22 heavy (non-hydrogen) atoms. The van der Waals surface area contributed by atoms with Crippen LogP contribution in [0.4, 0.5) is 9.93 Å². The van der Waals surface area contributed by atoms with E-state index in [9.17, 15) is 9.59 Å². The first-order valence-electron chi connectivity index (χ1n) is 7.11. The Balaban J connectivity index is 2.00. The van der Waals surface area contributed by atoms with Gasteiger partial charge in [-0.2, -0.15) is 0 Å². The van der Waals surface area contributed by atoms with Crippen LogP contribution in [-0.2, 0) is 4.74 Å². The minimum absolute atomic E-state index is 0.0271. The standard InChI is InChI=1S/C14H21N3O4S/c1-9-7-16(12-15-10(8-22-12)11(18)19)5-6-17(9)13(20)21-14(2,3)4/h8-9H,5-7H2,1-4H3,(H,18,19). The van der Waals surface area contributed by atoms with Crippen molar-refractivity contribution in [3.8, 4) is 0 Å². The van der Waals surface area contributed by atoms with Gasteiger partial charge in [-0.15, -0.1) is 11.3 Å².